The first-order valence-electron chi connectivity index (χ1n) is 6.84. The molecule has 1 aromatic heterocycles. The van der Waals surface area contributed by atoms with E-state index in [9.17, 15) is 13.2 Å². The summed E-state index contributed by atoms with van der Waals surface area (Å²) >= 11 is 1.65. The molecule has 1 aliphatic heterocycles. The average molecular weight is 322 g/mol. The van der Waals surface area contributed by atoms with Crippen LogP contribution in [0, 0.1) is 0 Å². The SMILES string of the molecule is CCSc1cnccc1C1=Nc2cc(C(F)(F)F)ccc2C1. The van der Waals surface area contributed by atoms with Gasteiger partial charge in [0.15, 0.2) is 0 Å². The van der Waals surface area contributed by atoms with Crippen molar-refractivity contribution in [2.24, 2.45) is 4.99 Å². The van der Waals surface area contributed by atoms with Crippen LogP contribution in [0.3, 0.4) is 0 Å². The van der Waals surface area contributed by atoms with E-state index in [1.165, 1.54) is 6.07 Å². The summed E-state index contributed by atoms with van der Waals surface area (Å²) in [5.74, 6) is 0.900. The van der Waals surface area contributed by atoms with Crippen LogP contribution in [0.4, 0.5) is 18.9 Å². The molecule has 0 aliphatic carbocycles. The minimum absolute atomic E-state index is 0.411. The smallest absolute Gasteiger partial charge is 0.264 e. The van der Waals surface area contributed by atoms with Crippen LogP contribution in [0.25, 0.3) is 0 Å². The van der Waals surface area contributed by atoms with E-state index in [1.54, 1.807) is 24.2 Å². The number of pyridine rings is 1. The predicted octanol–water partition coefficient (Wildman–Crippen LogP) is 4.89. The lowest BCUT2D eigenvalue weighted by molar-refractivity contribution is -0.137. The maximum atomic E-state index is 12.8. The Bertz CT molecular complexity index is 738. The Morgan fingerprint density at radius 2 is 2.05 bits per heavy atom. The average Bonchev–Trinajstić information content (AvgIpc) is 2.90. The van der Waals surface area contributed by atoms with Crippen LogP contribution in [-0.2, 0) is 12.6 Å². The van der Waals surface area contributed by atoms with E-state index in [4.69, 9.17) is 0 Å². The number of rotatable bonds is 3. The van der Waals surface area contributed by atoms with Crippen LogP contribution in [0.5, 0.6) is 0 Å². The fourth-order valence-electron chi connectivity index (χ4n) is 2.40. The fraction of sp³-hybridized carbons (Fsp3) is 0.250. The van der Waals surface area contributed by atoms with Crippen molar-refractivity contribution in [1.82, 2.24) is 4.98 Å². The van der Waals surface area contributed by atoms with Crippen molar-refractivity contribution in [1.29, 1.82) is 0 Å². The van der Waals surface area contributed by atoms with Gasteiger partial charge in [-0.15, -0.1) is 11.8 Å². The molecule has 2 aromatic rings. The van der Waals surface area contributed by atoms with Crippen LogP contribution < -0.4 is 0 Å². The molecule has 0 bridgehead atoms. The van der Waals surface area contributed by atoms with Crippen molar-refractivity contribution in [3.8, 4) is 0 Å². The first kappa shape index (κ1) is 15.1. The summed E-state index contributed by atoms with van der Waals surface area (Å²) in [6, 6.07) is 5.62. The van der Waals surface area contributed by atoms with E-state index in [-0.39, 0.29) is 0 Å². The number of nitrogens with zero attached hydrogens (tertiary/aromatic N) is 2. The van der Waals surface area contributed by atoms with E-state index < -0.39 is 11.7 Å². The Morgan fingerprint density at radius 3 is 2.77 bits per heavy atom. The molecular formula is C16H13F3N2S. The molecule has 2 nitrogen and oxygen atoms in total. The molecule has 3 rings (SSSR count). The van der Waals surface area contributed by atoms with Gasteiger partial charge in [-0.3, -0.25) is 9.98 Å². The summed E-state index contributed by atoms with van der Waals surface area (Å²) < 4.78 is 38.3. The molecule has 0 saturated heterocycles. The first-order valence-corrected chi connectivity index (χ1v) is 7.82. The molecular weight excluding hydrogens is 309 g/mol. The second-order valence-electron chi connectivity index (χ2n) is 4.88. The normalized spacial score (nSPS) is 13.9. The summed E-state index contributed by atoms with van der Waals surface area (Å²) in [5.41, 5.74) is 2.33. The first-order chi connectivity index (χ1) is 10.5. The van der Waals surface area contributed by atoms with Crippen LogP contribution >= 0.6 is 11.8 Å². The van der Waals surface area contributed by atoms with E-state index in [2.05, 4.69) is 9.98 Å². The molecule has 2 heterocycles. The lowest BCUT2D eigenvalue weighted by atomic mass is 10.0. The highest BCUT2D eigenvalue weighted by Gasteiger charge is 2.32. The number of fused-ring (bicyclic) bond motifs is 1. The van der Waals surface area contributed by atoms with E-state index in [0.29, 0.717) is 12.1 Å². The molecule has 0 amide bonds. The molecule has 0 fully saturated rings. The van der Waals surface area contributed by atoms with Crippen molar-refractivity contribution in [3.63, 3.8) is 0 Å². The maximum Gasteiger partial charge on any atom is 0.416 e. The van der Waals surface area contributed by atoms with Gasteiger partial charge in [0.1, 0.15) is 0 Å². The summed E-state index contributed by atoms with van der Waals surface area (Å²) in [6.07, 6.45) is -0.334. The number of benzene rings is 1. The molecule has 0 atom stereocenters. The van der Waals surface area contributed by atoms with Gasteiger partial charge in [-0.25, -0.2) is 0 Å². The molecule has 6 heteroatoms. The highest BCUT2D eigenvalue weighted by atomic mass is 32.2. The maximum absolute atomic E-state index is 12.8. The van der Waals surface area contributed by atoms with Crippen LogP contribution in [0.1, 0.15) is 23.6 Å². The molecule has 0 radical (unpaired) electrons. The Kier molecular flexibility index (Phi) is 3.95. The van der Waals surface area contributed by atoms with E-state index in [1.807, 2.05) is 13.0 Å². The molecule has 0 spiro atoms. The summed E-state index contributed by atoms with van der Waals surface area (Å²) in [4.78, 5) is 9.53. The zero-order chi connectivity index (χ0) is 15.7. The Morgan fingerprint density at radius 1 is 1.23 bits per heavy atom. The highest BCUT2D eigenvalue weighted by Crippen LogP contribution is 2.37. The zero-order valence-corrected chi connectivity index (χ0v) is 12.6. The lowest BCUT2D eigenvalue weighted by Gasteiger charge is -2.07. The van der Waals surface area contributed by atoms with Gasteiger partial charge in [-0.1, -0.05) is 13.0 Å². The van der Waals surface area contributed by atoms with Gasteiger partial charge in [0.2, 0.25) is 0 Å². The van der Waals surface area contributed by atoms with Crippen molar-refractivity contribution >= 4 is 23.2 Å². The standard InChI is InChI=1S/C16H13F3N2S/c1-2-22-15-9-20-6-5-12(15)14-7-10-3-4-11(16(17,18)19)8-13(10)21-14/h3-6,8-9H,2,7H2,1H3. The van der Waals surface area contributed by atoms with Gasteiger partial charge >= 0.3 is 6.18 Å². The molecule has 1 aromatic carbocycles. The summed E-state index contributed by atoms with van der Waals surface area (Å²) in [5, 5.41) is 0. The van der Waals surface area contributed by atoms with Crippen LogP contribution in [0.2, 0.25) is 0 Å². The summed E-state index contributed by atoms with van der Waals surface area (Å²) in [7, 11) is 0. The quantitative estimate of drug-likeness (QED) is 0.752. The van der Waals surface area contributed by atoms with E-state index in [0.717, 1.165) is 39.6 Å². The monoisotopic (exact) mass is 322 g/mol. The fourth-order valence-corrected chi connectivity index (χ4v) is 3.19. The zero-order valence-electron chi connectivity index (χ0n) is 11.8. The molecule has 0 saturated carbocycles. The summed E-state index contributed by atoms with van der Waals surface area (Å²) in [6.45, 7) is 2.04. The minimum Gasteiger partial charge on any atom is -0.264 e. The largest absolute Gasteiger partial charge is 0.416 e. The lowest BCUT2D eigenvalue weighted by Crippen LogP contribution is -2.04. The Balaban J connectivity index is 1.98. The molecule has 0 N–H and O–H groups in total. The van der Waals surface area contributed by atoms with Crippen LogP contribution in [-0.4, -0.2) is 16.4 Å². The molecule has 1 aliphatic rings. The molecule has 22 heavy (non-hydrogen) atoms. The van der Waals surface area contributed by atoms with E-state index >= 15 is 0 Å². The van der Waals surface area contributed by atoms with Crippen molar-refractivity contribution in [2.75, 3.05) is 5.75 Å². The Labute approximate surface area is 130 Å². The number of aromatic nitrogens is 1. The van der Waals surface area contributed by atoms with Gasteiger partial charge in [0, 0.05) is 29.3 Å². The second-order valence-corrected chi connectivity index (χ2v) is 6.19. The number of aliphatic imine (C=N–C) groups is 1. The predicted molar refractivity (Wildman–Crippen MR) is 82.0 cm³/mol. The van der Waals surface area contributed by atoms with Gasteiger partial charge in [-0.2, -0.15) is 13.2 Å². The second kappa shape index (κ2) is 5.76. The Hall–Kier alpha value is -1.82. The number of thioether (sulfide) groups is 1. The van der Waals surface area contributed by atoms with Crippen LogP contribution in [0.15, 0.2) is 46.5 Å². The number of hydrogen-bond acceptors (Lipinski definition) is 3. The van der Waals surface area contributed by atoms with Crippen molar-refractivity contribution in [2.45, 2.75) is 24.4 Å². The number of alkyl halides is 3. The van der Waals surface area contributed by atoms with Gasteiger partial charge < -0.3 is 0 Å². The number of halogens is 3. The van der Waals surface area contributed by atoms with Gasteiger partial charge in [-0.05, 0) is 29.5 Å². The molecule has 114 valence electrons. The minimum atomic E-state index is -4.34. The highest BCUT2D eigenvalue weighted by molar-refractivity contribution is 7.99. The molecule has 0 unspecified atom stereocenters. The van der Waals surface area contributed by atoms with Gasteiger partial charge in [0.05, 0.1) is 17.0 Å². The van der Waals surface area contributed by atoms with Crippen molar-refractivity contribution < 1.29 is 13.2 Å². The third-order valence-corrected chi connectivity index (χ3v) is 4.35. The van der Waals surface area contributed by atoms with Crippen molar-refractivity contribution in [3.05, 3.63) is 53.3 Å². The van der Waals surface area contributed by atoms with Gasteiger partial charge in [0.25, 0.3) is 0 Å². The third kappa shape index (κ3) is 2.88. The number of hydrogen-bond donors (Lipinski definition) is 0. The topological polar surface area (TPSA) is 25.2 Å². The third-order valence-electron chi connectivity index (χ3n) is 3.42.